The summed E-state index contributed by atoms with van der Waals surface area (Å²) < 4.78 is 67.4. The molecule has 3 unspecified atom stereocenters. The Bertz CT molecular complexity index is 987. The van der Waals surface area contributed by atoms with E-state index in [-0.39, 0.29) is 6.03 Å². The zero-order chi connectivity index (χ0) is 32.4. The van der Waals surface area contributed by atoms with E-state index in [0.717, 1.165) is 11.4 Å². The van der Waals surface area contributed by atoms with Crippen LogP contribution in [0.5, 0.6) is 0 Å². The number of rotatable bonds is 20. The molecule has 21 heteroatoms. The summed E-state index contributed by atoms with van der Waals surface area (Å²) in [7, 11) is -9.20. The maximum atomic E-state index is 12.5. The Balaban J connectivity index is 3.05. The van der Waals surface area contributed by atoms with E-state index in [1.54, 1.807) is 26.8 Å². The zero-order valence-electron chi connectivity index (χ0n) is 27.6. The minimum absolute atomic E-state index is 0.304. The van der Waals surface area contributed by atoms with E-state index in [9.17, 15) is 4.79 Å². The summed E-state index contributed by atoms with van der Waals surface area (Å²) in [5.41, 5.74) is 1.53. The smallest absolute Gasteiger partial charge is 0.398 e. The molecule has 0 saturated heterocycles. The van der Waals surface area contributed by atoms with Crippen LogP contribution in [0.3, 0.4) is 0 Å². The van der Waals surface area contributed by atoms with Gasteiger partial charge in [-0.25, -0.2) is 4.79 Å². The molecule has 1 aromatic rings. The van der Waals surface area contributed by atoms with Gasteiger partial charge in [0, 0.05) is 80.6 Å². The van der Waals surface area contributed by atoms with Gasteiger partial charge >= 0.3 is 59.1 Å². The first-order valence-electron chi connectivity index (χ1n) is 13.5. The van der Waals surface area contributed by atoms with E-state index in [1.165, 1.54) is 40.2 Å². The van der Waals surface area contributed by atoms with E-state index < -0.39 is 53.1 Å². The summed E-state index contributed by atoms with van der Waals surface area (Å²) in [5.74, 6) is 0. The van der Waals surface area contributed by atoms with Gasteiger partial charge in [0.05, 0.1) is 5.69 Å². The van der Waals surface area contributed by atoms with Crippen LogP contribution in [0.25, 0.3) is 0 Å². The molecule has 0 bridgehead atoms. The first-order chi connectivity index (χ1) is 19.4. The number of carbonyl (C=O) groups excluding carboxylic acids is 1. The molecule has 1 amide bonds. The fourth-order valence-corrected chi connectivity index (χ4v) is 24.5. The van der Waals surface area contributed by atoms with Crippen LogP contribution in [-0.4, -0.2) is 118 Å². The summed E-state index contributed by atoms with van der Waals surface area (Å²) >= 11 is 0. The first kappa shape index (κ1) is 39.6. The van der Waals surface area contributed by atoms with Crippen molar-refractivity contribution in [3.8, 4) is 0 Å². The highest BCUT2D eigenvalue weighted by atomic mass is 28.5. The van der Waals surface area contributed by atoms with E-state index in [4.69, 9.17) is 47.1 Å². The highest BCUT2D eigenvalue weighted by molar-refractivity contribution is 6.85. The third kappa shape index (κ3) is 12.1. The van der Waals surface area contributed by atoms with Crippen molar-refractivity contribution >= 4 is 59.1 Å². The Kier molecular flexibility index (Phi) is 15.8. The van der Waals surface area contributed by atoms with Crippen molar-refractivity contribution < 1.29 is 51.9 Å². The summed E-state index contributed by atoms with van der Waals surface area (Å²) in [4.78, 5) is 12.5. The Morgan fingerprint density at radius 1 is 0.810 bits per heavy atom. The lowest BCUT2D eigenvalue weighted by Gasteiger charge is -2.41. The normalized spacial score (nSPS) is 16.6. The molecular weight excluding hydrogens is 655 g/mol. The van der Waals surface area contributed by atoms with Gasteiger partial charge in [0.15, 0.2) is 0 Å². The Labute approximate surface area is 257 Å². The largest absolute Gasteiger partial charge is 0.491 e. The van der Waals surface area contributed by atoms with Gasteiger partial charge < -0.3 is 52.4 Å². The quantitative estimate of drug-likeness (QED) is 0.157. The number of hydrogen-bond donors (Lipinski definition) is 1. The lowest BCUT2D eigenvalue weighted by Crippen LogP contribution is -2.64. The van der Waals surface area contributed by atoms with E-state index >= 15 is 0 Å². The molecule has 3 atom stereocenters. The van der Waals surface area contributed by atoms with Crippen molar-refractivity contribution in [3.63, 3.8) is 0 Å². The molecular formula is C21H51N3O12Si6. The lowest BCUT2D eigenvalue weighted by molar-refractivity contribution is 0.0943. The maximum Gasteiger partial charge on any atom is 0.491 e. The lowest BCUT2D eigenvalue weighted by atomic mass is 10.4. The molecule has 0 aliphatic heterocycles. The second kappa shape index (κ2) is 16.7. The summed E-state index contributed by atoms with van der Waals surface area (Å²) in [6.07, 6.45) is 0.541. The van der Waals surface area contributed by atoms with Crippen molar-refractivity contribution in [1.29, 1.82) is 0 Å². The minimum atomic E-state index is -3.61. The van der Waals surface area contributed by atoms with Crippen LogP contribution in [0, 0.1) is 13.8 Å². The minimum Gasteiger partial charge on any atom is -0.398 e. The van der Waals surface area contributed by atoms with Gasteiger partial charge in [0.1, 0.15) is 0 Å². The highest BCUT2D eigenvalue weighted by Crippen LogP contribution is 2.28. The second-order valence-corrected chi connectivity index (χ2v) is 27.9. The summed E-state index contributed by atoms with van der Waals surface area (Å²) in [5, 5.41) is 7.08. The SMILES string of the molecule is CO[Si](C)(C)O[Si](C)(OC)O[Si](C)(O[SiH](C)O[Si](CCCNC(=O)n1nc(C)cc1C)(OC)OC)O[Si](C)(OC)OC. The van der Waals surface area contributed by atoms with Crippen molar-refractivity contribution in [2.24, 2.45) is 0 Å². The molecule has 0 aliphatic rings. The summed E-state index contributed by atoms with van der Waals surface area (Å²) in [6.45, 7) is 14.9. The fraction of sp³-hybridized carbons (Fsp3) is 0.810. The standard InChI is InChI=1S/C21H51N3O12Si6/c1-19-18-20(2)24(23-19)21(25)22-16-15-17-42(30-7,31-8)33-37(9)32-41(14,35-39(12,27-4)28-5)36-40(13,29-6)34-38(10,11)26-3/h18,37H,15-17H2,1-14H3,(H,22,25). The number of carbonyl (C=O) groups is 1. The number of aromatic nitrogens is 2. The molecule has 42 heavy (non-hydrogen) atoms. The predicted octanol–water partition coefficient (Wildman–Crippen LogP) is 2.61. The first-order valence-corrected chi connectivity index (χ1v) is 27.0. The topological polar surface area (TPSA) is 148 Å². The number of hydrogen-bond acceptors (Lipinski definition) is 13. The molecule has 0 saturated carbocycles. The van der Waals surface area contributed by atoms with Gasteiger partial charge in [-0.15, -0.1) is 0 Å². The predicted molar refractivity (Wildman–Crippen MR) is 169 cm³/mol. The summed E-state index contributed by atoms with van der Waals surface area (Å²) in [6, 6.07) is 1.97. The molecule has 1 heterocycles. The molecule has 15 nitrogen and oxygen atoms in total. The Hall–Kier alpha value is -0.459. The van der Waals surface area contributed by atoms with Crippen LogP contribution in [-0.2, 0) is 47.1 Å². The van der Waals surface area contributed by atoms with Gasteiger partial charge in [-0.1, -0.05) is 0 Å². The Morgan fingerprint density at radius 2 is 1.36 bits per heavy atom. The fourth-order valence-electron chi connectivity index (χ4n) is 3.93. The monoisotopic (exact) mass is 705 g/mol. The highest BCUT2D eigenvalue weighted by Gasteiger charge is 2.56. The molecule has 246 valence electrons. The number of amides is 1. The molecule has 1 rings (SSSR count). The van der Waals surface area contributed by atoms with Crippen LogP contribution in [0.4, 0.5) is 4.79 Å². The molecule has 0 aliphatic carbocycles. The van der Waals surface area contributed by atoms with E-state index in [1.807, 2.05) is 39.6 Å². The van der Waals surface area contributed by atoms with Gasteiger partial charge in [-0.2, -0.15) is 9.78 Å². The average molecular weight is 706 g/mol. The Morgan fingerprint density at radius 3 is 1.81 bits per heavy atom. The maximum absolute atomic E-state index is 12.5. The molecule has 0 aromatic carbocycles. The van der Waals surface area contributed by atoms with Crippen molar-refractivity contribution in [2.45, 2.75) is 65.6 Å². The molecule has 0 fully saturated rings. The van der Waals surface area contributed by atoms with Crippen LogP contribution in [0.15, 0.2) is 6.07 Å². The van der Waals surface area contributed by atoms with E-state index in [2.05, 4.69) is 10.4 Å². The average Bonchev–Trinajstić information content (AvgIpc) is 3.26. The van der Waals surface area contributed by atoms with Crippen LogP contribution >= 0.6 is 0 Å². The number of aryl methyl sites for hydroxylation is 2. The van der Waals surface area contributed by atoms with Crippen molar-refractivity contribution in [1.82, 2.24) is 15.1 Å². The van der Waals surface area contributed by atoms with E-state index in [0.29, 0.717) is 19.0 Å². The van der Waals surface area contributed by atoms with Gasteiger partial charge in [-0.3, -0.25) is 0 Å². The molecule has 0 radical (unpaired) electrons. The van der Waals surface area contributed by atoms with Crippen molar-refractivity contribution in [2.75, 3.05) is 49.2 Å². The van der Waals surface area contributed by atoms with Crippen LogP contribution in [0.2, 0.25) is 45.3 Å². The van der Waals surface area contributed by atoms with Crippen LogP contribution < -0.4 is 5.32 Å². The third-order valence-corrected chi connectivity index (χ3v) is 26.9. The van der Waals surface area contributed by atoms with Crippen molar-refractivity contribution in [3.05, 3.63) is 17.5 Å². The molecule has 1 aromatic heterocycles. The second-order valence-electron chi connectivity index (χ2n) is 10.2. The van der Waals surface area contributed by atoms with Gasteiger partial charge in [0.2, 0.25) is 0 Å². The number of nitrogens with one attached hydrogen (secondary N) is 1. The number of nitrogens with zero attached hydrogens (tertiary/aromatic N) is 2. The molecule has 1 N–H and O–H groups in total. The van der Waals surface area contributed by atoms with Crippen LogP contribution in [0.1, 0.15) is 17.8 Å². The molecule has 0 spiro atoms. The zero-order valence-corrected chi connectivity index (χ0v) is 33.7. The third-order valence-electron chi connectivity index (χ3n) is 6.26. The van der Waals surface area contributed by atoms with Gasteiger partial charge in [0.25, 0.3) is 0 Å². The van der Waals surface area contributed by atoms with Gasteiger partial charge in [-0.05, 0) is 46.0 Å².